The molecule has 4 amide bonds. The fourth-order valence-electron chi connectivity index (χ4n) is 4.54. The molecule has 2 aliphatic rings. The largest absolute Gasteiger partial charge is 0.342 e. The fourth-order valence-corrected chi connectivity index (χ4v) is 4.54. The molecule has 4 rings (SSSR count). The molecule has 2 N–H and O–H groups in total. The van der Waals surface area contributed by atoms with Crippen LogP contribution in [-0.2, 0) is 19.2 Å². The van der Waals surface area contributed by atoms with E-state index in [1.165, 1.54) is 0 Å². The number of nitrogens with one attached hydrogen (secondary N) is 2. The third kappa shape index (κ3) is 6.26. The molecule has 2 atom stereocenters. The molecule has 2 aromatic rings. The summed E-state index contributed by atoms with van der Waals surface area (Å²) in [5.41, 5.74) is 3.67. The molecule has 0 unspecified atom stereocenters. The second-order valence-electron chi connectivity index (χ2n) is 9.55. The van der Waals surface area contributed by atoms with Gasteiger partial charge in [0.15, 0.2) is 0 Å². The molecule has 2 heterocycles. The molecule has 0 aliphatic carbocycles. The van der Waals surface area contributed by atoms with Crippen molar-refractivity contribution in [3.8, 4) is 0 Å². The van der Waals surface area contributed by atoms with Crippen LogP contribution in [0.5, 0.6) is 0 Å². The van der Waals surface area contributed by atoms with E-state index in [2.05, 4.69) is 10.6 Å². The minimum Gasteiger partial charge on any atom is -0.342 e. The average molecular weight is 477 g/mol. The SMILES string of the molecule is Cc1ccc(NC(=O)[C@H]2CC(=O)N(CCCN3C[C@@H](C(=O)Nc4ccc(C)cc4)CC3=O)C2)cc1. The molecule has 8 heteroatoms. The van der Waals surface area contributed by atoms with Crippen molar-refractivity contribution < 1.29 is 19.2 Å². The summed E-state index contributed by atoms with van der Waals surface area (Å²) in [5.74, 6) is -1.16. The Morgan fingerprint density at radius 2 is 1.09 bits per heavy atom. The molecule has 35 heavy (non-hydrogen) atoms. The molecule has 2 saturated heterocycles. The number of nitrogens with zero attached hydrogens (tertiary/aromatic N) is 2. The third-order valence-electron chi connectivity index (χ3n) is 6.66. The highest BCUT2D eigenvalue weighted by Crippen LogP contribution is 2.23. The summed E-state index contributed by atoms with van der Waals surface area (Å²) < 4.78 is 0. The monoisotopic (exact) mass is 476 g/mol. The molecule has 184 valence electrons. The molecule has 0 spiro atoms. The predicted octanol–water partition coefficient (Wildman–Crippen LogP) is 2.97. The average Bonchev–Trinajstić information content (AvgIpc) is 3.39. The highest BCUT2D eigenvalue weighted by atomic mass is 16.2. The van der Waals surface area contributed by atoms with E-state index in [1.54, 1.807) is 9.80 Å². The maximum absolute atomic E-state index is 12.6. The lowest BCUT2D eigenvalue weighted by atomic mass is 10.1. The number of anilines is 2. The van der Waals surface area contributed by atoms with Crippen LogP contribution in [0.15, 0.2) is 48.5 Å². The van der Waals surface area contributed by atoms with Gasteiger partial charge in [-0.3, -0.25) is 19.2 Å². The number of amides is 4. The predicted molar refractivity (Wildman–Crippen MR) is 134 cm³/mol. The summed E-state index contributed by atoms with van der Waals surface area (Å²) in [6, 6.07) is 15.1. The summed E-state index contributed by atoms with van der Waals surface area (Å²) >= 11 is 0. The van der Waals surface area contributed by atoms with E-state index >= 15 is 0 Å². The van der Waals surface area contributed by atoms with Gasteiger partial charge < -0.3 is 20.4 Å². The topological polar surface area (TPSA) is 98.8 Å². The van der Waals surface area contributed by atoms with Crippen LogP contribution in [0.1, 0.15) is 30.4 Å². The van der Waals surface area contributed by atoms with Gasteiger partial charge in [-0.25, -0.2) is 0 Å². The quantitative estimate of drug-likeness (QED) is 0.612. The van der Waals surface area contributed by atoms with Gasteiger partial charge in [-0.2, -0.15) is 0 Å². The second kappa shape index (κ2) is 10.7. The normalized spacial score (nSPS) is 19.8. The molecule has 2 aliphatic heterocycles. The zero-order chi connectivity index (χ0) is 24.9. The van der Waals surface area contributed by atoms with E-state index < -0.39 is 0 Å². The Labute approximate surface area is 205 Å². The fraction of sp³-hybridized carbons (Fsp3) is 0.407. The van der Waals surface area contributed by atoms with Gasteiger partial charge in [0, 0.05) is 50.4 Å². The molecular weight excluding hydrogens is 444 g/mol. The summed E-state index contributed by atoms with van der Waals surface area (Å²) in [7, 11) is 0. The van der Waals surface area contributed by atoms with Crippen LogP contribution in [0.3, 0.4) is 0 Å². The van der Waals surface area contributed by atoms with Gasteiger partial charge in [-0.05, 0) is 44.5 Å². The molecular formula is C27H32N4O4. The maximum Gasteiger partial charge on any atom is 0.229 e. The molecule has 0 radical (unpaired) electrons. The van der Waals surface area contributed by atoms with Crippen LogP contribution in [0.4, 0.5) is 11.4 Å². The highest BCUT2D eigenvalue weighted by molar-refractivity contribution is 5.98. The zero-order valence-electron chi connectivity index (χ0n) is 20.3. The van der Waals surface area contributed by atoms with Crippen LogP contribution >= 0.6 is 0 Å². The van der Waals surface area contributed by atoms with Crippen molar-refractivity contribution >= 4 is 35.0 Å². The summed E-state index contributed by atoms with van der Waals surface area (Å²) in [4.78, 5) is 53.4. The van der Waals surface area contributed by atoms with Crippen molar-refractivity contribution in [2.45, 2.75) is 33.1 Å². The zero-order valence-corrected chi connectivity index (χ0v) is 20.3. The molecule has 8 nitrogen and oxygen atoms in total. The van der Waals surface area contributed by atoms with Crippen LogP contribution in [0.25, 0.3) is 0 Å². The lowest BCUT2D eigenvalue weighted by Gasteiger charge is -2.20. The molecule has 2 fully saturated rings. The number of likely N-dealkylation sites (tertiary alicyclic amines) is 2. The number of carbonyl (C=O) groups excluding carboxylic acids is 4. The van der Waals surface area contributed by atoms with E-state index in [4.69, 9.17) is 0 Å². The van der Waals surface area contributed by atoms with Gasteiger partial charge in [0.25, 0.3) is 0 Å². The van der Waals surface area contributed by atoms with Gasteiger partial charge >= 0.3 is 0 Å². The Morgan fingerprint density at radius 3 is 1.46 bits per heavy atom. The van der Waals surface area contributed by atoms with Gasteiger partial charge in [-0.1, -0.05) is 35.4 Å². The summed E-state index contributed by atoms with van der Waals surface area (Å²) in [5, 5.41) is 5.77. The minimum absolute atomic E-state index is 0.0443. The third-order valence-corrected chi connectivity index (χ3v) is 6.66. The first-order valence-electron chi connectivity index (χ1n) is 12.1. The van der Waals surface area contributed by atoms with Gasteiger partial charge in [0.1, 0.15) is 0 Å². The minimum atomic E-state index is -0.382. The highest BCUT2D eigenvalue weighted by Gasteiger charge is 2.36. The van der Waals surface area contributed by atoms with E-state index in [9.17, 15) is 19.2 Å². The number of aryl methyl sites for hydroxylation is 2. The standard InChI is InChI=1S/C27H32N4O4/c1-18-4-8-22(9-5-18)28-26(34)20-14-24(32)30(16-20)12-3-13-31-17-21(15-25(31)33)27(35)29-23-10-6-19(2)7-11-23/h4-11,20-21H,3,12-17H2,1-2H3,(H,28,34)(H,29,35)/t20-,21-/m0/s1. The number of rotatable bonds is 8. The van der Waals surface area contributed by atoms with Crippen LogP contribution < -0.4 is 10.6 Å². The van der Waals surface area contributed by atoms with Crippen molar-refractivity contribution in [3.05, 3.63) is 59.7 Å². The van der Waals surface area contributed by atoms with Crippen LogP contribution in [0, 0.1) is 25.7 Å². The second-order valence-corrected chi connectivity index (χ2v) is 9.55. The van der Waals surface area contributed by atoms with Crippen molar-refractivity contribution in [1.29, 1.82) is 0 Å². The van der Waals surface area contributed by atoms with Gasteiger partial charge in [0.2, 0.25) is 23.6 Å². The lowest BCUT2D eigenvalue weighted by molar-refractivity contribution is -0.129. The number of benzene rings is 2. The Hall–Kier alpha value is -3.68. The molecule has 0 saturated carbocycles. The Balaban J connectivity index is 1.20. The Bertz CT molecular complexity index is 1010. The van der Waals surface area contributed by atoms with Crippen LogP contribution in [-0.4, -0.2) is 59.6 Å². The summed E-state index contributed by atoms with van der Waals surface area (Å²) in [6.07, 6.45) is 0.999. The molecule has 2 aromatic carbocycles. The molecule has 0 aromatic heterocycles. The smallest absolute Gasteiger partial charge is 0.229 e. The Kier molecular flexibility index (Phi) is 7.48. The maximum atomic E-state index is 12.6. The number of carbonyl (C=O) groups is 4. The van der Waals surface area contributed by atoms with E-state index in [0.29, 0.717) is 32.6 Å². The van der Waals surface area contributed by atoms with Gasteiger partial charge in [0.05, 0.1) is 11.8 Å². The summed E-state index contributed by atoms with van der Waals surface area (Å²) in [6.45, 7) is 5.69. The number of hydrogen-bond donors (Lipinski definition) is 2. The van der Waals surface area contributed by atoms with Crippen LogP contribution in [0.2, 0.25) is 0 Å². The van der Waals surface area contributed by atoms with E-state index in [-0.39, 0.29) is 48.3 Å². The van der Waals surface area contributed by atoms with Gasteiger partial charge in [-0.15, -0.1) is 0 Å². The first-order chi connectivity index (χ1) is 16.8. The van der Waals surface area contributed by atoms with Crippen molar-refractivity contribution in [3.63, 3.8) is 0 Å². The Morgan fingerprint density at radius 1 is 0.714 bits per heavy atom. The van der Waals surface area contributed by atoms with Crippen molar-refractivity contribution in [2.24, 2.45) is 11.8 Å². The van der Waals surface area contributed by atoms with E-state index in [0.717, 1.165) is 22.5 Å². The lowest BCUT2D eigenvalue weighted by Crippen LogP contribution is -2.33. The number of hydrogen-bond acceptors (Lipinski definition) is 4. The van der Waals surface area contributed by atoms with Crippen molar-refractivity contribution in [2.75, 3.05) is 36.8 Å². The van der Waals surface area contributed by atoms with E-state index in [1.807, 2.05) is 62.4 Å². The first-order valence-corrected chi connectivity index (χ1v) is 12.1. The first kappa shape index (κ1) is 24.4. The van der Waals surface area contributed by atoms with Crippen molar-refractivity contribution in [1.82, 2.24) is 9.80 Å². The molecule has 0 bridgehead atoms.